The van der Waals surface area contributed by atoms with Crippen molar-refractivity contribution in [1.29, 1.82) is 0 Å². The van der Waals surface area contributed by atoms with E-state index in [0.717, 1.165) is 31.9 Å². The molecule has 21 heavy (non-hydrogen) atoms. The van der Waals surface area contributed by atoms with Crippen LogP contribution in [0.15, 0.2) is 36.9 Å². The smallest absolute Gasteiger partial charge is 0.119 e. The maximum Gasteiger partial charge on any atom is 0.119 e. The van der Waals surface area contributed by atoms with E-state index in [2.05, 4.69) is 28.9 Å². The Hall–Kier alpha value is -0.740. The van der Waals surface area contributed by atoms with Crippen molar-refractivity contribution in [1.82, 2.24) is 10.2 Å². The third kappa shape index (κ3) is 5.87. The van der Waals surface area contributed by atoms with E-state index in [1.165, 1.54) is 5.56 Å². The van der Waals surface area contributed by atoms with E-state index < -0.39 is 0 Å². The van der Waals surface area contributed by atoms with Crippen LogP contribution < -0.4 is 10.1 Å². The summed E-state index contributed by atoms with van der Waals surface area (Å²) in [5.74, 6) is 0.932. The number of hydrogen-bond donors (Lipinski definition) is 1. The molecule has 1 heterocycles. The first-order valence-corrected chi connectivity index (χ1v) is 7.04. The lowest BCUT2D eigenvalue weighted by atomic mass is 10.0. The van der Waals surface area contributed by atoms with Crippen LogP contribution in [0.5, 0.6) is 5.75 Å². The molecule has 0 bridgehead atoms. The topological polar surface area (TPSA) is 24.5 Å². The summed E-state index contributed by atoms with van der Waals surface area (Å²) in [6.07, 6.45) is 2.25. The van der Waals surface area contributed by atoms with Crippen LogP contribution in [0.2, 0.25) is 0 Å². The van der Waals surface area contributed by atoms with Gasteiger partial charge in [0.05, 0.1) is 12.1 Å². The van der Waals surface area contributed by atoms with Crippen LogP contribution in [-0.4, -0.2) is 37.2 Å². The molecule has 1 saturated heterocycles. The number of nitrogens with zero attached hydrogens (tertiary/aromatic N) is 1. The maximum absolute atomic E-state index is 5.68. The van der Waals surface area contributed by atoms with Gasteiger partial charge in [-0.25, -0.2) is 0 Å². The quantitative estimate of drug-likeness (QED) is 0.836. The van der Waals surface area contributed by atoms with Gasteiger partial charge in [-0.2, -0.15) is 0 Å². The Labute approximate surface area is 140 Å². The van der Waals surface area contributed by atoms with Crippen molar-refractivity contribution in [3.63, 3.8) is 0 Å². The predicted octanol–water partition coefficient (Wildman–Crippen LogP) is 3.45. The molecule has 0 unspecified atom stereocenters. The molecule has 1 aliphatic heterocycles. The van der Waals surface area contributed by atoms with E-state index >= 15 is 0 Å². The van der Waals surface area contributed by atoms with E-state index in [0.29, 0.717) is 6.04 Å². The van der Waals surface area contributed by atoms with E-state index in [-0.39, 0.29) is 30.9 Å². The Balaban J connectivity index is 0.00000200. The molecule has 1 atom stereocenters. The molecule has 120 valence electrons. The fourth-order valence-electron chi connectivity index (χ4n) is 2.47. The Morgan fingerprint density at radius 2 is 1.71 bits per heavy atom. The second kappa shape index (κ2) is 10.1. The van der Waals surface area contributed by atoms with Crippen molar-refractivity contribution in [3.05, 3.63) is 42.5 Å². The van der Waals surface area contributed by atoms with Crippen LogP contribution in [0, 0.1) is 0 Å². The highest BCUT2D eigenvalue weighted by Gasteiger charge is 2.19. The highest BCUT2D eigenvalue weighted by molar-refractivity contribution is 5.85. The Bertz CT molecular complexity index is 403. The number of hydrogen-bond acceptors (Lipinski definition) is 3. The fourth-order valence-corrected chi connectivity index (χ4v) is 2.47. The first kappa shape index (κ1) is 20.3. The van der Waals surface area contributed by atoms with Gasteiger partial charge in [0.1, 0.15) is 5.75 Å². The predicted molar refractivity (Wildman–Crippen MR) is 94.1 cm³/mol. The van der Waals surface area contributed by atoms with Gasteiger partial charge in [0.15, 0.2) is 0 Å². The Kier molecular flexibility index (Phi) is 9.71. The van der Waals surface area contributed by atoms with Gasteiger partial charge in [0.2, 0.25) is 0 Å². The molecule has 0 radical (unpaired) electrons. The molecular weight excluding hydrogens is 307 g/mol. The summed E-state index contributed by atoms with van der Waals surface area (Å²) in [6, 6.07) is 8.69. The molecule has 1 aromatic carbocycles. The number of rotatable bonds is 5. The van der Waals surface area contributed by atoms with Crippen LogP contribution in [-0.2, 0) is 0 Å². The number of benzene rings is 1. The van der Waals surface area contributed by atoms with Gasteiger partial charge in [0.25, 0.3) is 0 Å². The second-order valence-electron chi connectivity index (χ2n) is 5.20. The average Bonchev–Trinajstić information content (AvgIpc) is 2.42. The van der Waals surface area contributed by atoms with Gasteiger partial charge < -0.3 is 10.1 Å². The van der Waals surface area contributed by atoms with E-state index in [1.807, 2.05) is 32.1 Å². The maximum atomic E-state index is 5.68. The molecule has 1 fully saturated rings. The zero-order chi connectivity index (χ0) is 13.7. The average molecular weight is 333 g/mol. The minimum absolute atomic E-state index is 0. The normalized spacial score (nSPS) is 16.5. The number of nitrogens with one attached hydrogen (secondary N) is 1. The van der Waals surface area contributed by atoms with Gasteiger partial charge in [-0.15, -0.1) is 31.4 Å². The first-order chi connectivity index (χ1) is 9.20. The lowest BCUT2D eigenvalue weighted by Gasteiger charge is -2.33. The van der Waals surface area contributed by atoms with Crippen LogP contribution >= 0.6 is 24.8 Å². The monoisotopic (exact) mass is 332 g/mol. The lowest BCUT2D eigenvalue weighted by Crippen LogP contribution is -2.44. The highest BCUT2D eigenvalue weighted by atomic mass is 35.5. The third-order valence-electron chi connectivity index (χ3n) is 3.36. The van der Waals surface area contributed by atoms with Crippen LogP contribution in [0.4, 0.5) is 0 Å². The van der Waals surface area contributed by atoms with Crippen molar-refractivity contribution in [2.24, 2.45) is 0 Å². The van der Waals surface area contributed by atoms with Crippen molar-refractivity contribution >= 4 is 24.8 Å². The van der Waals surface area contributed by atoms with Gasteiger partial charge in [-0.1, -0.05) is 18.2 Å². The number of ether oxygens (including phenoxy) is 1. The van der Waals surface area contributed by atoms with Crippen molar-refractivity contribution in [2.45, 2.75) is 26.0 Å². The van der Waals surface area contributed by atoms with Crippen molar-refractivity contribution in [2.75, 3.05) is 26.2 Å². The van der Waals surface area contributed by atoms with Gasteiger partial charge in [-0.05, 0) is 31.5 Å². The van der Waals surface area contributed by atoms with Crippen molar-refractivity contribution in [3.8, 4) is 5.75 Å². The van der Waals surface area contributed by atoms with Crippen LogP contribution in [0.1, 0.15) is 25.5 Å². The van der Waals surface area contributed by atoms with Crippen LogP contribution in [0.3, 0.4) is 0 Å². The van der Waals surface area contributed by atoms with Gasteiger partial charge in [0, 0.05) is 26.2 Å². The lowest BCUT2D eigenvalue weighted by molar-refractivity contribution is 0.203. The second-order valence-corrected chi connectivity index (χ2v) is 5.20. The number of piperazine rings is 1. The summed E-state index contributed by atoms with van der Waals surface area (Å²) in [6.45, 7) is 12.3. The number of halogens is 2. The minimum atomic E-state index is 0. The molecule has 0 aromatic heterocycles. The van der Waals surface area contributed by atoms with E-state index in [4.69, 9.17) is 4.74 Å². The molecular formula is C16H26Cl2N2O. The molecule has 0 aliphatic carbocycles. The Morgan fingerprint density at radius 1 is 1.14 bits per heavy atom. The summed E-state index contributed by atoms with van der Waals surface area (Å²) >= 11 is 0. The summed E-state index contributed by atoms with van der Waals surface area (Å²) in [5.41, 5.74) is 1.29. The van der Waals surface area contributed by atoms with Crippen LogP contribution in [0.25, 0.3) is 0 Å². The molecule has 0 saturated carbocycles. The molecule has 1 aromatic rings. The van der Waals surface area contributed by atoms with Gasteiger partial charge in [-0.3, -0.25) is 4.90 Å². The standard InChI is InChI=1S/C16H24N2O.2ClH/c1-4-16(18-11-9-17-10-12-18)14-5-7-15(8-6-14)19-13(2)3;;/h4-8,13,16-17H,1,9-12H2,2-3H3;2*1H/t16-;;/m0../s1. The van der Waals surface area contributed by atoms with E-state index in [9.17, 15) is 0 Å². The first-order valence-electron chi connectivity index (χ1n) is 7.04. The Morgan fingerprint density at radius 3 is 2.19 bits per heavy atom. The molecule has 5 heteroatoms. The minimum Gasteiger partial charge on any atom is -0.491 e. The molecule has 1 N–H and O–H groups in total. The van der Waals surface area contributed by atoms with Crippen molar-refractivity contribution < 1.29 is 4.74 Å². The zero-order valence-electron chi connectivity index (χ0n) is 12.7. The molecule has 1 aliphatic rings. The summed E-state index contributed by atoms with van der Waals surface area (Å²) in [5, 5.41) is 3.38. The SMILES string of the molecule is C=C[C@@H](c1ccc(OC(C)C)cc1)N1CCNCC1.Cl.Cl. The largest absolute Gasteiger partial charge is 0.491 e. The van der Waals surface area contributed by atoms with Gasteiger partial charge >= 0.3 is 0 Å². The summed E-state index contributed by atoms with van der Waals surface area (Å²) < 4.78 is 5.68. The molecule has 0 spiro atoms. The molecule has 0 amide bonds. The zero-order valence-corrected chi connectivity index (χ0v) is 14.4. The molecule has 2 rings (SSSR count). The molecule has 3 nitrogen and oxygen atoms in total. The summed E-state index contributed by atoms with van der Waals surface area (Å²) in [7, 11) is 0. The van der Waals surface area contributed by atoms with E-state index in [1.54, 1.807) is 0 Å². The highest BCUT2D eigenvalue weighted by Crippen LogP contribution is 2.24. The fraction of sp³-hybridized carbons (Fsp3) is 0.500. The summed E-state index contributed by atoms with van der Waals surface area (Å²) in [4.78, 5) is 2.46. The third-order valence-corrected chi connectivity index (χ3v) is 3.36.